The van der Waals surface area contributed by atoms with Gasteiger partial charge in [0.15, 0.2) is 0 Å². The maximum atomic E-state index is 10.9. The first-order valence-electron chi connectivity index (χ1n) is 12.3. The van der Waals surface area contributed by atoms with E-state index in [1.807, 2.05) is 12.1 Å². The maximum absolute atomic E-state index is 10.9. The summed E-state index contributed by atoms with van der Waals surface area (Å²) in [5.41, 5.74) is 0.170. The van der Waals surface area contributed by atoms with Crippen LogP contribution in [-0.2, 0) is 40.3 Å². The minimum atomic E-state index is -3.11. The molecule has 0 atom stereocenters. The third-order valence-electron chi connectivity index (χ3n) is 6.76. The fourth-order valence-corrected chi connectivity index (χ4v) is 6.07. The summed E-state index contributed by atoms with van der Waals surface area (Å²) >= 11 is 0. The van der Waals surface area contributed by atoms with Gasteiger partial charge in [0.1, 0.15) is 5.60 Å². The van der Waals surface area contributed by atoms with Crippen LogP contribution in [0.3, 0.4) is 0 Å². The van der Waals surface area contributed by atoms with E-state index in [0.717, 1.165) is 11.1 Å². The highest BCUT2D eigenvalue weighted by molar-refractivity contribution is 7.39. The van der Waals surface area contributed by atoms with Crippen molar-refractivity contribution in [3.05, 3.63) is 120 Å². The topological polar surface area (TPSA) is 140 Å². The van der Waals surface area contributed by atoms with Crippen LogP contribution >= 0.6 is 17.2 Å². The zero-order valence-corrected chi connectivity index (χ0v) is 23.7. The van der Waals surface area contributed by atoms with E-state index < -0.39 is 48.0 Å². The Labute approximate surface area is 232 Å². The van der Waals surface area contributed by atoms with E-state index in [4.69, 9.17) is 9.05 Å². The number of rotatable bonds is 18. The second kappa shape index (κ2) is 15.7. The lowest BCUT2D eigenvalue weighted by Gasteiger charge is -2.50. The smallest absolute Gasteiger partial charge is 0.328 e. The molecule has 0 saturated heterocycles. The van der Waals surface area contributed by atoms with E-state index in [1.165, 1.54) is 0 Å². The van der Waals surface area contributed by atoms with Gasteiger partial charge in [-0.15, -0.1) is 26.3 Å². The van der Waals surface area contributed by atoms with Gasteiger partial charge in [0, 0.05) is 0 Å². The average molecular weight is 577 g/mol. The molecule has 2 rings (SSSR count). The first-order chi connectivity index (χ1) is 18.7. The average Bonchev–Trinajstić information content (AvgIpc) is 2.91. The summed E-state index contributed by atoms with van der Waals surface area (Å²) in [6, 6.07) is 10.8. The monoisotopic (exact) mass is 576 g/mol. The van der Waals surface area contributed by atoms with Gasteiger partial charge in [-0.05, 0) is 59.1 Å². The van der Waals surface area contributed by atoms with Crippen molar-refractivity contribution < 1.29 is 38.8 Å². The third kappa shape index (κ3) is 7.18. The number of benzene rings is 2. The first-order valence-corrected chi connectivity index (χ1v) is 14.6. The molecule has 6 N–H and O–H groups in total. The highest BCUT2D eigenvalue weighted by Gasteiger charge is 2.58. The van der Waals surface area contributed by atoms with Crippen molar-refractivity contribution in [1.29, 1.82) is 0 Å². The number of aliphatic hydroxyl groups is 2. The molecule has 0 aliphatic carbocycles. The summed E-state index contributed by atoms with van der Waals surface area (Å²) < 4.78 is 11.4. The highest BCUT2D eigenvalue weighted by atomic mass is 31.2. The number of allylic oxidation sites excluding steroid dienone is 4. The fraction of sp³-hybridized carbons (Fsp3) is 0.310. The van der Waals surface area contributed by atoms with E-state index in [-0.39, 0.29) is 0 Å². The van der Waals surface area contributed by atoms with E-state index >= 15 is 0 Å². The number of hydrogen-bond acceptors (Lipinski definition) is 8. The van der Waals surface area contributed by atoms with Crippen LogP contribution in [0.5, 0.6) is 0 Å². The molecule has 8 nitrogen and oxygen atoms in total. The zero-order valence-electron chi connectivity index (χ0n) is 21.9. The molecule has 0 bridgehead atoms. The maximum Gasteiger partial charge on any atom is 0.328 e. The molecule has 39 heavy (non-hydrogen) atoms. The van der Waals surface area contributed by atoms with Crippen LogP contribution in [0.25, 0.3) is 0 Å². The second-order valence-electron chi connectivity index (χ2n) is 9.01. The zero-order chi connectivity index (χ0) is 29.1. The summed E-state index contributed by atoms with van der Waals surface area (Å²) in [7, 11) is -6.00. The Hall–Kier alpha value is -2.06. The summed E-state index contributed by atoms with van der Waals surface area (Å²) in [5.74, 6) is 0. The predicted molar refractivity (Wildman–Crippen MR) is 156 cm³/mol. The molecule has 0 aliphatic rings. The van der Waals surface area contributed by atoms with Gasteiger partial charge in [0.25, 0.3) is 0 Å². The summed E-state index contributed by atoms with van der Waals surface area (Å²) in [4.78, 5) is 40.2. The molecule has 0 spiro atoms. The molecular weight excluding hydrogens is 538 g/mol. The van der Waals surface area contributed by atoms with Gasteiger partial charge in [0.05, 0.1) is 25.2 Å². The molecule has 0 aliphatic heterocycles. The summed E-state index contributed by atoms with van der Waals surface area (Å²) in [5, 5.41) is 21.9. The highest BCUT2D eigenvalue weighted by Crippen LogP contribution is 2.57. The predicted octanol–water partition coefficient (Wildman–Crippen LogP) is 4.27. The van der Waals surface area contributed by atoms with E-state index in [0.29, 0.717) is 47.9 Å². The van der Waals surface area contributed by atoms with Crippen LogP contribution in [0.4, 0.5) is 0 Å². The van der Waals surface area contributed by atoms with Crippen molar-refractivity contribution in [3.63, 3.8) is 0 Å². The second-order valence-corrected chi connectivity index (χ2v) is 10.5. The molecule has 0 fully saturated rings. The van der Waals surface area contributed by atoms with E-state index in [9.17, 15) is 29.8 Å². The molecule has 2 aromatic rings. The third-order valence-corrected chi connectivity index (χ3v) is 7.55. The normalized spacial score (nSPS) is 12.1. The van der Waals surface area contributed by atoms with Gasteiger partial charge in [-0.3, -0.25) is 4.52 Å². The molecule has 2 aromatic carbocycles. The van der Waals surface area contributed by atoms with Crippen LogP contribution in [0.1, 0.15) is 33.4 Å². The Morgan fingerprint density at radius 3 is 1.44 bits per heavy atom. The Morgan fingerprint density at radius 1 is 0.667 bits per heavy atom. The van der Waals surface area contributed by atoms with Crippen LogP contribution in [0.2, 0.25) is 0 Å². The van der Waals surface area contributed by atoms with Crippen molar-refractivity contribution in [2.24, 2.45) is 5.41 Å². The Kier molecular flexibility index (Phi) is 13.3. The molecule has 0 aromatic heterocycles. The first kappa shape index (κ1) is 33.1. The van der Waals surface area contributed by atoms with E-state index in [1.54, 1.807) is 48.6 Å². The van der Waals surface area contributed by atoms with Crippen molar-refractivity contribution in [1.82, 2.24) is 0 Å². The van der Waals surface area contributed by atoms with Crippen molar-refractivity contribution in [3.8, 4) is 0 Å². The van der Waals surface area contributed by atoms with Crippen LogP contribution < -0.4 is 0 Å². The minimum absolute atomic E-state index is 0.336. The van der Waals surface area contributed by atoms with Gasteiger partial charge in [-0.1, -0.05) is 60.7 Å². The summed E-state index contributed by atoms with van der Waals surface area (Å²) in [6.07, 6.45) is 8.44. The molecule has 0 heterocycles. The number of hydrogen-bond donors (Lipinski definition) is 6. The SMILES string of the molecule is C=CCc1cccc(C(OP(O)O)(c2cccc(CC=C)c2CC=C)C(CO)(CO)COP(O)O)c1CC=C. The van der Waals surface area contributed by atoms with Gasteiger partial charge in [-0.25, -0.2) is 0 Å². The van der Waals surface area contributed by atoms with E-state index in [2.05, 4.69) is 26.3 Å². The standard InChI is InChI=1S/C29H38O8P2/c1-5-11-22-15-9-17-26(24(22)13-7-3)29(37-39(34)35,28(19-30,20-31)21-36-38(32)33)27-18-10-16-23(12-6-2)25(27)14-8-4/h5-10,15-18,30-35H,1-4,11-14,19-21H2. The molecule has 0 unspecified atom stereocenters. The molecule has 0 amide bonds. The molecule has 0 radical (unpaired) electrons. The van der Waals surface area contributed by atoms with Crippen LogP contribution in [0, 0.1) is 5.41 Å². The van der Waals surface area contributed by atoms with Crippen molar-refractivity contribution in [2.75, 3.05) is 19.8 Å². The van der Waals surface area contributed by atoms with Crippen LogP contribution in [-0.4, -0.2) is 49.6 Å². The van der Waals surface area contributed by atoms with Gasteiger partial charge >= 0.3 is 17.2 Å². The van der Waals surface area contributed by atoms with Gasteiger partial charge in [0.2, 0.25) is 0 Å². The van der Waals surface area contributed by atoms with Gasteiger partial charge < -0.3 is 34.3 Å². The summed E-state index contributed by atoms with van der Waals surface area (Å²) in [6.45, 7) is 13.3. The van der Waals surface area contributed by atoms with Gasteiger partial charge in [-0.2, -0.15) is 0 Å². The number of aliphatic hydroxyl groups excluding tert-OH is 2. The van der Waals surface area contributed by atoms with Crippen molar-refractivity contribution >= 4 is 17.2 Å². The molecule has 10 heteroatoms. The Morgan fingerprint density at radius 2 is 1.10 bits per heavy atom. The van der Waals surface area contributed by atoms with Crippen LogP contribution in [0.15, 0.2) is 87.0 Å². The lowest BCUT2D eigenvalue weighted by atomic mass is 9.63. The lowest BCUT2D eigenvalue weighted by Crippen LogP contribution is -2.56. The molecule has 212 valence electrons. The Balaban J connectivity index is 3.27. The quantitative estimate of drug-likeness (QED) is 0.114. The largest absolute Gasteiger partial charge is 0.395 e. The lowest BCUT2D eigenvalue weighted by molar-refractivity contribution is -0.121. The molecule has 0 saturated carbocycles. The fourth-order valence-electron chi connectivity index (χ4n) is 5.07. The minimum Gasteiger partial charge on any atom is -0.395 e. The van der Waals surface area contributed by atoms with Crippen molar-refractivity contribution in [2.45, 2.75) is 31.3 Å². The molecular formula is C29H38O8P2. The Bertz CT molecular complexity index is 1060.